The van der Waals surface area contributed by atoms with E-state index in [1.165, 1.54) is 5.56 Å². The minimum Gasteiger partial charge on any atom is -0.383 e. The molecule has 4 heteroatoms. The van der Waals surface area contributed by atoms with E-state index >= 15 is 0 Å². The van der Waals surface area contributed by atoms with E-state index in [2.05, 4.69) is 25.2 Å². The molecule has 0 aliphatic carbocycles. The summed E-state index contributed by atoms with van der Waals surface area (Å²) >= 11 is 12.1. The van der Waals surface area contributed by atoms with Crippen LogP contribution in [-0.4, -0.2) is 26.8 Å². The molecule has 0 bridgehead atoms. The van der Waals surface area contributed by atoms with E-state index in [0.717, 1.165) is 32.5 Å². The molecule has 0 fully saturated rings. The lowest BCUT2D eigenvalue weighted by atomic mass is 9.76. The number of ether oxygens (including phenoxy) is 1. The monoisotopic (exact) mass is 303 g/mol. The van der Waals surface area contributed by atoms with Crippen LogP contribution in [0.5, 0.6) is 0 Å². The van der Waals surface area contributed by atoms with Gasteiger partial charge in [0.2, 0.25) is 0 Å². The molecule has 1 N–H and O–H groups in total. The highest BCUT2D eigenvalue weighted by molar-refractivity contribution is 6.42. The Hall–Kier alpha value is -0.280. The molecule has 0 spiro atoms. The van der Waals surface area contributed by atoms with Crippen LogP contribution in [0.3, 0.4) is 0 Å². The van der Waals surface area contributed by atoms with Crippen molar-refractivity contribution in [1.82, 2.24) is 5.32 Å². The van der Waals surface area contributed by atoms with Gasteiger partial charge in [0, 0.05) is 25.6 Å². The van der Waals surface area contributed by atoms with E-state index in [9.17, 15) is 0 Å². The Labute approximate surface area is 126 Å². The van der Waals surface area contributed by atoms with Crippen molar-refractivity contribution >= 4 is 23.2 Å². The third kappa shape index (κ3) is 4.35. The van der Waals surface area contributed by atoms with Crippen molar-refractivity contribution in [3.63, 3.8) is 0 Å². The van der Waals surface area contributed by atoms with Crippen molar-refractivity contribution in [1.29, 1.82) is 0 Å². The van der Waals surface area contributed by atoms with Crippen LogP contribution in [0, 0.1) is 0 Å². The van der Waals surface area contributed by atoms with E-state index in [4.69, 9.17) is 27.9 Å². The van der Waals surface area contributed by atoms with Crippen LogP contribution in [0.25, 0.3) is 0 Å². The quantitative estimate of drug-likeness (QED) is 0.724. The molecule has 0 saturated carbocycles. The topological polar surface area (TPSA) is 21.3 Å². The third-order valence-electron chi connectivity index (χ3n) is 3.83. The molecule has 0 atom stereocenters. The number of nitrogens with one attached hydrogen (secondary N) is 1. The molecule has 108 valence electrons. The lowest BCUT2D eigenvalue weighted by Gasteiger charge is -2.33. The lowest BCUT2D eigenvalue weighted by Crippen LogP contribution is -2.38. The van der Waals surface area contributed by atoms with Crippen molar-refractivity contribution in [2.24, 2.45) is 0 Å². The zero-order chi connectivity index (χ0) is 14.3. The number of methoxy groups -OCH3 is 1. The molecule has 1 aromatic carbocycles. The molecular formula is C15H23Cl2NO. The fourth-order valence-electron chi connectivity index (χ4n) is 2.34. The van der Waals surface area contributed by atoms with Gasteiger partial charge in [-0.05, 0) is 30.5 Å². The zero-order valence-electron chi connectivity index (χ0n) is 11.9. The fourth-order valence-corrected chi connectivity index (χ4v) is 2.64. The van der Waals surface area contributed by atoms with Gasteiger partial charge in [-0.1, -0.05) is 43.1 Å². The van der Waals surface area contributed by atoms with Gasteiger partial charge in [0.1, 0.15) is 0 Å². The Balaban J connectivity index is 2.87. The summed E-state index contributed by atoms with van der Waals surface area (Å²) in [7, 11) is 1.72. The van der Waals surface area contributed by atoms with Crippen LogP contribution in [0.4, 0.5) is 0 Å². The number of benzene rings is 1. The Morgan fingerprint density at radius 2 is 1.84 bits per heavy atom. The van der Waals surface area contributed by atoms with Gasteiger partial charge in [-0.3, -0.25) is 0 Å². The van der Waals surface area contributed by atoms with Crippen molar-refractivity contribution in [2.45, 2.75) is 32.1 Å². The third-order valence-corrected chi connectivity index (χ3v) is 4.57. The summed E-state index contributed by atoms with van der Waals surface area (Å²) in [6.45, 7) is 6.93. The highest BCUT2D eigenvalue weighted by atomic mass is 35.5. The first kappa shape index (κ1) is 16.8. The molecule has 0 aromatic heterocycles. The van der Waals surface area contributed by atoms with Crippen LogP contribution in [0.1, 0.15) is 32.3 Å². The minimum absolute atomic E-state index is 0.0992. The first-order chi connectivity index (χ1) is 9.09. The standard InChI is InChI=1S/C15H23Cl2NO/c1-4-15(5-2,11-18-8-9-19-3)12-6-7-13(16)14(17)10-12/h6-7,10,18H,4-5,8-9,11H2,1-3H3. The van der Waals surface area contributed by atoms with Gasteiger partial charge in [0.05, 0.1) is 16.7 Å². The second-order valence-corrected chi connectivity index (χ2v) is 5.60. The van der Waals surface area contributed by atoms with Crippen LogP contribution in [0.2, 0.25) is 10.0 Å². The van der Waals surface area contributed by atoms with E-state index < -0.39 is 0 Å². The van der Waals surface area contributed by atoms with E-state index in [0.29, 0.717) is 10.0 Å². The molecule has 0 amide bonds. The van der Waals surface area contributed by atoms with Gasteiger partial charge in [-0.15, -0.1) is 0 Å². The van der Waals surface area contributed by atoms with E-state index in [-0.39, 0.29) is 5.41 Å². The predicted molar refractivity (Wildman–Crippen MR) is 83.5 cm³/mol. The Morgan fingerprint density at radius 3 is 2.37 bits per heavy atom. The summed E-state index contributed by atoms with van der Waals surface area (Å²) in [6.07, 6.45) is 2.11. The summed E-state index contributed by atoms with van der Waals surface area (Å²) in [5.41, 5.74) is 1.35. The summed E-state index contributed by atoms with van der Waals surface area (Å²) in [5.74, 6) is 0. The van der Waals surface area contributed by atoms with Crippen LogP contribution >= 0.6 is 23.2 Å². The first-order valence-corrected chi connectivity index (χ1v) is 7.50. The SMILES string of the molecule is CCC(CC)(CNCCOC)c1ccc(Cl)c(Cl)c1. The second kappa shape index (κ2) is 8.11. The molecule has 2 nitrogen and oxygen atoms in total. The average Bonchev–Trinajstić information content (AvgIpc) is 2.43. The van der Waals surface area contributed by atoms with Gasteiger partial charge < -0.3 is 10.1 Å². The summed E-state index contributed by atoms with van der Waals surface area (Å²) in [5, 5.41) is 4.70. The van der Waals surface area contributed by atoms with Gasteiger partial charge in [-0.2, -0.15) is 0 Å². The van der Waals surface area contributed by atoms with Crippen molar-refractivity contribution in [2.75, 3.05) is 26.8 Å². The number of hydrogen-bond acceptors (Lipinski definition) is 2. The van der Waals surface area contributed by atoms with Crippen LogP contribution < -0.4 is 5.32 Å². The van der Waals surface area contributed by atoms with Crippen LogP contribution in [-0.2, 0) is 10.2 Å². The van der Waals surface area contributed by atoms with Gasteiger partial charge in [0.25, 0.3) is 0 Å². The molecule has 0 unspecified atom stereocenters. The first-order valence-electron chi connectivity index (χ1n) is 6.74. The molecule has 0 heterocycles. The summed E-state index contributed by atoms with van der Waals surface area (Å²) < 4.78 is 5.06. The predicted octanol–water partition coefficient (Wildman–Crippen LogP) is 4.29. The van der Waals surface area contributed by atoms with Gasteiger partial charge in [-0.25, -0.2) is 0 Å². The maximum absolute atomic E-state index is 6.15. The zero-order valence-corrected chi connectivity index (χ0v) is 13.4. The highest BCUT2D eigenvalue weighted by Crippen LogP contribution is 2.34. The molecule has 0 aliphatic heterocycles. The van der Waals surface area contributed by atoms with Gasteiger partial charge >= 0.3 is 0 Å². The van der Waals surface area contributed by atoms with Crippen molar-refractivity contribution < 1.29 is 4.74 Å². The summed E-state index contributed by atoms with van der Waals surface area (Å²) in [6, 6.07) is 5.96. The molecule has 0 aliphatic rings. The average molecular weight is 304 g/mol. The smallest absolute Gasteiger partial charge is 0.0595 e. The van der Waals surface area contributed by atoms with E-state index in [1.54, 1.807) is 7.11 Å². The Morgan fingerprint density at radius 1 is 1.16 bits per heavy atom. The largest absolute Gasteiger partial charge is 0.383 e. The maximum Gasteiger partial charge on any atom is 0.0595 e. The minimum atomic E-state index is 0.0992. The summed E-state index contributed by atoms with van der Waals surface area (Å²) in [4.78, 5) is 0. The van der Waals surface area contributed by atoms with E-state index in [1.807, 2.05) is 12.1 Å². The fraction of sp³-hybridized carbons (Fsp3) is 0.600. The molecule has 1 aromatic rings. The van der Waals surface area contributed by atoms with Gasteiger partial charge in [0.15, 0.2) is 0 Å². The highest BCUT2D eigenvalue weighted by Gasteiger charge is 2.28. The normalized spacial score (nSPS) is 11.8. The maximum atomic E-state index is 6.15. The van der Waals surface area contributed by atoms with Crippen molar-refractivity contribution in [3.05, 3.63) is 33.8 Å². The molecule has 19 heavy (non-hydrogen) atoms. The lowest BCUT2D eigenvalue weighted by molar-refractivity contribution is 0.195. The second-order valence-electron chi connectivity index (χ2n) is 4.79. The molecule has 1 rings (SSSR count). The van der Waals surface area contributed by atoms with Crippen LogP contribution in [0.15, 0.2) is 18.2 Å². The number of hydrogen-bond donors (Lipinski definition) is 1. The molecule has 0 saturated heterocycles. The number of halogens is 2. The molecular weight excluding hydrogens is 281 g/mol. The molecule has 0 radical (unpaired) electrons. The van der Waals surface area contributed by atoms with Crippen molar-refractivity contribution in [3.8, 4) is 0 Å². The Kier molecular flexibility index (Phi) is 7.16. The number of rotatable bonds is 8. The Bertz CT molecular complexity index is 392.